The summed E-state index contributed by atoms with van der Waals surface area (Å²) in [6.07, 6.45) is 0.109. The van der Waals surface area contributed by atoms with Gasteiger partial charge in [-0.25, -0.2) is 0 Å². The van der Waals surface area contributed by atoms with E-state index in [-0.39, 0.29) is 36.7 Å². The van der Waals surface area contributed by atoms with Crippen molar-refractivity contribution in [2.75, 3.05) is 16.8 Å². The number of hydrogen-bond donors (Lipinski definition) is 2. The molecule has 1 aliphatic heterocycles. The van der Waals surface area contributed by atoms with Crippen LogP contribution in [0.5, 0.6) is 0 Å². The van der Waals surface area contributed by atoms with Crippen LogP contribution in [-0.2, 0) is 9.59 Å². The molecule has 0 aromatic heterocycles. The summed E-state index contributed by atoms with van der Waals surface area (Å²) in [7, 11) is 0. The smallest absolute Gasteiger partial charge is 0.251 e. The Morgan fingerprint density at radius 2 is 1.93 bits per heavy atom. The molecule has 1 fully saturated rings. The van der Waals surface area contributed by atoms with Crippen LogP contribution in [0.15, 0.2) is 46.9 Å². The van der Waals surface area contributed by atoms with E-state index in [1.165, 1.54) is 0 Å². The van der Waals surface area contributed by atoms with Crippen molar-refractivity contribution in [2.45, 2.75) is 26.3 Å². The Morgan fingerprint density at radius 3 is 2.62 bits per heavy atom. The molecule has 8 heteroatoms. The van der Waals surface area contributed by atoms with E-state index in [4.69, 9.17) is 11.6 Å². The fourth-order valence-corrected chi connectivity index (χ4v) is 3.79. The van der Waals surface area contributed by atoms with E-state index in [0.29, 0.717) is 16.3 Å². The van der Waals surface area contributed by atoms with Gasteiger partial charge in [0.05, 0.1) is 22.3 Å². The van der Waals surface area contributed by atoms with Crippen molar-refractivity contribution in [2.24, 2.45) is 5.92 Å². The first-order valence-electron chi connectivity index (χ1n) is 9.22. The van der Waals surface area contributed by atoms with Gasteiger partial charge in [0.15, 0.2) is 0 Å². The lowest BCUT2D eigenvalue weighted by Crippen LogP contribution is -2.30. The van der Waals surface area contributed by atoms with Crippen molar-refractivity contribution in [3.8, 4) is 0 Å². The lowest BCUT2D eigenvalue weighted by atomic mass is 10.1. The van der Waals surface area contributed by atoms with Crippen LogP contribution >= 0.6 is 27.5 Å². The van der Waals surface area contributed by atoms with Crippen LogP contribution in [0.2, 0.25) is 5.02 Å². The van der Waals surface area contributed by atoms with E-state index in [1.807, 2.05) is 38.1 Å². The highest BCUT2D eigenvalue weighted by atomic mass is 79.9. The predicted molar refractivity (Wildman–Crippen MR) is 117 cm³/mol. The number of para-hydroxylation sites is 1. The minimum atomic E-state index is -0.515. The average Bonchev–Trinajstić information content (AvgIpc) is 3.05. The number of carbonyl (C=O) groups is 3. The van der Waals surface area contributed by atoms with E-state index >= 15 is 0 Å². The summed E-state index contributed by atoms with van der Waals surface area (Å²) < 4.78 is 0.793. The molecule has 0 saturated carbocycles. The number of benzene rings is 2. The van der Waals surface area contributed by atoms with Crippen molar-refractivity contribution in [1.29, 1.82) is 0 Å². The Bertz CT molecular complexity index is 964. The minimum Gasteiger partial charge on any atom is -0.350 e. The molecular formula is C21H21BrClN3O3. The monoisotopic (exact) mass is 477 g/mol. The molecule has 3 rings (SSSR count). The first kappa shape index (κ1) is 21.3. The fourth-order valence-electron chi connectivity index (χ4n) is 3.13. The van der Waals surface area contributed by atoms with Gasteiger partial charge in [-0.15, -0.1) is 0 Å². The SMILES string of the molecule is CC(C)NC(=O)c1ccc(Cl)c(NC(=O)C2CC(=O)N(c3ccccc3Br)C2)c1. The molecular weight excluding hydrogens is 458 g/mol. The molecule has 1 saturated heterocycles. The van der Waals surface area contributed by atoms with E-state index < -0.39 is 5.92 Å². The highest BCUT2D eigenvalue weighted by molar-refractivity contribution is 9.10. The quantitative estimate of drug-likeness (QED) is 0.675. The Kier molecular flexibility index (Phi) is 6.59. The molecule has 0 radical (unpaired) electrons. The van der Waals surface area contributed by atoms with Gasteiger partial charge in [-0.1, -0.05) is 23.7 Å². The summed E-state index contributed by atoms with van der Waals surface area (Å²) in [6, 6.07) is 12.1. The third kappa shape index (κ3) is 4.97. The second-order valence-electron chi connectivity index (χ2n) is 7.17. The number of halogens is 2. The van der Waals surface area contributed by atoms with Gasteiger partial charge in [0.1, 0.15) is 0 Å². The van der Waals surface area contributed by atoms with Gasteiger partial charge in [0, 0.05) is 29.0 Å². The maximum atomic E-state index is 12.8. The van der Waals surface area contributed by atoms with Crippen LogP contribution in [-0.4, -0.2) is 30.3 Å². The van der Waals surface area contributed by atoms with Crippen molar-refractivity contribution in [1.82, 2.24) is 5.32 Å². The summed E-state index contributed by atoms with van der Waals surface area (Å²) in [5, 5.41) is 5.89. The predicted octanol–water partition coefficient (Wildman–Crippen LogP) is 4.23. The number of rotatable bonds is 5. The van der Waals surface area contributed by atoms with Gasteiger partial charge in [-0.05, 0) is 60.1 Å². The topological polar surface area (TPSA) is 78.5 Å². The number of nitrogens with one attached hydrogen (secondary N) is 2. The Hall–Kier alpha value is -2.38. The van der Waals surface area contributed by atoms with Crippen LogP contribution in [0.3, 0.4) is 0 Å². The van der Waals surface area contributed by atoms with Crippen molar-refractivity contribution in [3.63, 3.8) is 0 Å². The molecule has 1 atom stereocenters. The van der Waals surface area contributed by atoms with Gasteiger partial charge in [0.25, 0.3) is 5.91 Å². The van der Waals surface area contributed by atoms with Crippen LogP contribution in [0.25, 0.3) is 0 Å². The van der Waals surface area contributed by atoms with E-state index in [2.05, 4.69) is 26.6 Å². The first-order chi connectivity index (χ1) is 13.8. The normalized spacial score (nSPS) is 16.2. The van der Waals surface area contributed by atoms with Crippen molar-refractivity contribution in [3.05, 3.63) is 57.5 Å². The zero-order valence-electron chi connectivity index (χ0n) is 16.0. The zero-order chi connectivity index (χ0) is 21.1. The van der Waals surface area contributed by atoms with Gasteiger partial charge in [0.2, 0.25) is 11.8 Å². The Morgan fingerprint density at radius 1 is 1.21 bits per heavy atom. The van der Waals surface area contributed by atoms with Crippen LogP contribution in [0.4, 0.5) is 11.4 Å². The van der Waals surface area contributed by atoms with Crippen LogP contribution in [0, 0.1) is 5.92 Å². The second-order valence-corrected chi connectivity index (χ2v) is 8.43. The van der Waals surface area contributed by atoms with E-state index in [1.54, 1.807) is 23.1 Å². The molecule has 2 aromatic rings. The molecule has 0 spiro atoms. The van der Waals surface area contributed by atoms with E-state index in [0.717, 1.165) is 10.2 Å². The van der Waals surface area contributed by atoms with Gasteiger partial charge in [-0.2, -0.15) is 0 Å². The maximum Gasteiger partial charge on any atom is 0.251 e. The number of hydrogen-bond acceptors (Lipinski definition) is 3. The molecule has 1 unspecified atom stereocenters. The molecule has 29 heavy (non-hydrogen) atoms. The number of anilines is 2. The lowest BCUT2D eigenvalue weighted by molar-refractivity contribution is -0.122. The first-order valence-corrected chi connectivity index (χ1v) is 10.4. The summed E-state index contributed by atoms with van der Waals surface area (Å²) >= 11 is 9.64. The zero-order valence-corrected chi connectivity index (χ0v) is 18.4. The van der Waals surface area contributed by atoms with Crippen LogP contribution < -0.4 is 15.5 Å². The molecule has 2 N–H and O–H groups in total. The van der Waals surface area contributed by atoms with Gasteiger partial charge in [-0.3, -0.25) is 14.4 Å². The van der Waals surface area contributed by atoms with Crippen molar-refractivity contribution < 1.29 is 14.4 Å². The molecule has 1 aliphatic rings. The maximum absolute atomic E-state index is 12.8. The second kappa shape index (κ2) is 8.97. The summed E-state index contributed by atoms with van der Waals surface area (Å²) in [5.41, 5.74) is 1.48. The molecule has 152 valence electrons. The minimum absolute atomic E-state index is 0.0102. The molecule has 2 aromatic carbocycles. The Labute approximate surface area is 182 Å². The molecule has 3 amide bonds. The number of amides is 3. The summed E-state index contributed by atoms with van der Waals surface area (Å²) in [4.78, 5) is 39.0. The third-order valence-electron chi connectivity index (χ3n) is 4.55. The lowest BCUT2D eigenvalue weighted by Gasteiger charge is -2.18. The third-order valence-corrected chi connectivity index (χ3v) is 5.55. The van der Waals surface area contributed by atoms with Crippen LogP contribution in [0.1, 0.15) is 30.6 Å². The van der Waals surface area contributed by atoms with E-state index in [9.17, 15) is 14.4 Å². The molecule has 6 nitrogen and oxygen atoms in total. The molecule has 1 heterocycles. The Balaban J connectivity index is 1.73. The average molecular weight is 479 g/mol. The molecule has 0 aliphatic carbocycles. The van der Waals surface area contributed by atoms with Crippen molar-refractivity contribution >= 4 is 56.6 Å². The fraction of sp³-hybridized carbons (Fsp3) is 0.286. The standard InChI is InChI=1S/C21H21BrClN3O3/c1-12(2)24-20(28)13-7-8-16(23)17(9-13)25-21(29)14-10-19(27)26(11-14)18-6-4-3-5-15(18)22/h3-9,12,14H,10-11H2,1-2H3,(H,24,28)(H,25,29). The molecule has 0 bridgehead atoms. The highest BCUT2D eigenvalue weighted by Crippen LogP contribution is 2.32. The largest absolute Gasteiger partial charge is 0.350 e. The van der Waals surface area contributed by atoms with Gasteiger partial charge >= 0.3 is 0 Å². The summed E-state index contributed by atoms with van der Waals surface area (Å²) in [6.45, 7) is 4.01. The summed E-state index contributed by atoms with van der Waals surface area (Å²) in [5.74, 6) is -1.19. The van der Waals surface area contributed by atoms with Gasteiger partial charge < -0.3 is 15.5 Å². The number of carbonyl (C=O) groups excluding carboxylic acids is 3. The highest BCUT2D eigenvalue weighted by Gasteiger charge is 2.36. The number of nitrogens with zero attached hydrogens (tertiary/aromatic N) is 1.